The predicted octanol–water partition coefficient (Wildman–Crippen LogP) is 8.39. The van der Waals surface area contributed by atoms with Crippen molar-refractivity contribution in [2.45, 2.75) is 137 Å². The van der Waals surface area contributed by atoms with Gasteiger partial charge in [0.1, 0.15) is 6.10 Å². The number of fused-ring (bicyclic) bond motifs is 5. The van der Waals surface area contributed by atoms with Gasteiger partial charge < -0.3 is 24.2 Å². The second kappa shape index (κ2) is 14.5. The Hall–Kier alpha value is -0.880. The Morgan fingerprint density at radius 1 is 1.02 bits per heavy atom. The predicted molar refractivity (Wildman–Crippen MR) is 175 cm³/mol. The number of likely N-dealkylation sites (tertiary alicyclic amines) is 1. The zero-order valence-electron chi connectivity index (χ0n) is 28.3. The molecule has 44 heavy (non-hydrogen) atoms. The fourth-order valence-electron chi connectivity index (χ4n) is 10.9. The topological polar surface area (TPSA) is 96.3 Å². The van der Waals surface area contributed by atoms with Crippen LogP contribution in [0.1, 0.15) is 125 Å². The third-order valence-corrected chi connectivity index (χ3v) is 14.0. The third kappa shape index (κ3) is 7.32. The zero-order chi connectivity index (χ0) is 31.6. The summed E-state index contributed by atoms with van der Waals surface area (Å²) in [4.78, 5) is 23.8. The molecule has 4 fully saturated rings. The van der Waals surface area contributed by atoms with E-state index in [-0.39, 0.29) is 30.1 Å². The maximum Gasteiger partial charge on any atom is 0.410 e. The minimum Gasteiger partial charge on any atom is -0.446 e. The molecule has 5 aliphatic rings. The average Bonchev–Trinajstić information content (AvgIpc) is 3.34. The summed E-state index contributed by atoms with van der Waals surface area (Å²) in [7, 11) is -2.96. The summed E-state index contributed by atoms with van der Waals surface area (Å²) in [6.07, 6.45) is 17.4. The number of nitrogens with zero attached hydrogens (tertiary/aromatic N) is 1. The van der Waals surface area contributed by atoms with Crippen LogP contribution in [-0.2, 0) is 13.8 Å². The van der Waals surface area contributed by atoms with E-state index in [1.54, 1.807) is 10.5 Å². The van der Waals surface area contributed by atoms with Crippen LogP contribution in [0, 0.1) is 52.3 Å². The molecule has 2 N–H and O–H groups in total. The van der Waals surface area contributed by atoms with Crippen LogP contribution >= 0.6 is 8.25 Å². The van der Waals surface area contributed by atoms with Gasteiger partial charge in [-0.1, -0.05) is 65.5 Å². The highest BCUT2D eigenvalue weighted by Crippen LogP contribution is 2.67. The van der Waals surface area contributed by atoms with E-state index in [1.807, 2.05) is 0 Å². The first-order chi connectivity index (χ1) is 20.9. The molecule has 0 aromatic carbocycles. The van der Waals surface area contributed by atoms with Gasteiger partial charge in [0, 0.05) is 19.5 Å². The highest BCUT2D eigenvalue weighted by molar-refractivity contribution is 7.32. The lowest BCUT2D eigenvalue weighted by molar-refractivity contribution is -0.0598. The van der Waals surface area contributed by atoms with Crippen molar-refractivity contribution < 1.29 is 28.6 Å². The number of amides is 1. The summed E-state index contributed by atoms with van der Waals surface area (Å²) in [6, 6.07) is 0. The molecule has 0 radical (unpaired) electrons. The van der Waals surface area contributed by atoms with Crippen LogP contribution < -0.4 is 0 Å². The molecular weight excluding hydrogens is 573 g/mol. The maximum atomic E-state index is 13.1. The summed E-state index contributed by atoms with van der Waals surface area (Å²) in [5.41, 5.74) is 2.30. The molecule has 10 atom stereocenters. The summed E-state index contributed by atoms with van der Waals surface area (Å²) in [6.45, 7) is 13.7. The summed E-state index contributed by atoms with van der Waals surface area (Å²) in [5, 5.41) is 10.4. The number of carbonyl (C=O) groups is 1. The van der Waals surface area contributed by atoms with Gasteiger partial charge in [-0.2, -0.15) is 0 Å². The van der Waals surface area contributed by atoms with E-state index in [4.69, 9.17) is 14.2 Å². The lowest BCUT2D eigenvalue weighted by atomic mass is 9.47. The minimum atomic E-state index is -2.96. The van der Waals surface area contributed by atoms with Crippen molar-refractivity contribution in [3.8, 4) is 0 Å². The largest absolute Gasteiger partial charge is 0.446 e. The molecule has 1 saturated heterocycles. The van der Waals surface area contributed by atoms with E-state index in [2.05, 4.69) is 40.7 Å². The van der Waals surface area contributed by atoms with Crippen molar-refractivity contribution >= 4 is 14.3 Å². The van der Waals surface area contributed by atoms with Crippen molar-refractivity contribution in [2.75, 3.05) is 19.7 Å². The number of rotatable bonds is 11. The fraction of sp³-hybridized carbons (Fsp3) is 0.917. The normalized spacial score (nSPS) is 37.9. The second-order valence-corrected chi connectivity index (χ2v) is 17.2. The summed E-state index contributed by atoms with van der Waals surface area (Å²) < 4.78 is 21.6. The molecule has 4 aliphatic carbocycles. The van der Waals surface area contributed by atoms with Gasteiger partial charge >= 0.3 is 14.3 Å². The molecule has 0 bridgehead atoms. The van der Waals surface area contributed by atoms with Crippen molar-refractivity contribution in [1.82, 2.24) is 4.90 Å². The van der Waals surface area contributed by atoms with E-state index < -0.39 is 14.4 Å². The Morgan fingerprint density at radius 2 is 1.77 bits per heavy atom. The highest BCUT2D eigenvalue weighted by Gasteiger charge is 2.59. The number of ether oxygens (including phenoxy) is 1. The SMILES string of the molecule is CC(C)CCC[C@@H](C)[C@H]1CC[C@H]2[C@@H]3CC=C4C[C@@H](OC(=O)N5CCC(C(O)CCO[PH](=O)O)CC5)CC[C@]4(C)[C@H]3CC[C@]12C. The first-order valence-corrected chi connectivity index (χ1v) is 19.4. The zero-order valence-corrected chi connectivity index (χ0v) is 29.3. The van der Waals surface area contributed by atoms with Gasteiger partial charge in [0.2, 0.25) is 0 Å². The smallest absolute Gasteiger partial charge is 0.410 e. The number of hydrogen-bond acceptors (Lipinski definition) is 5. The first-order valence-electron chi connectivity index (χ1n) is 18.1. The molecule has 0 aromatic heterocycles. The highest BCUT2D eigenvalue weighted by atomic mass is 31.1. The molecule has 0 aromatic rings. The number of allylic oxidation sites excluding steroid dienone is 1. The van der Waals surface area contributed by atoms with Crippen LogP contribution in [-0.4, -0.2) is 52.9 Å². The van der Waals surface area contributed by atoms with Gasteiger partial charge in [0.25, 0.3) is 0 Å². The summed E-state index contributed by atoms with van der Waals surface area (Å²) in [5.74, 6) is 5.04. The molecule has 3 saturated carbocycles. The average molecular weight is 636 g/mol. The van der Waals surface area contributed by atoms with E-state index in [0.717, 1.165) is 54.8 Å². The quantitative estimate of drug-likeness (QED) is 0.175. The number of hydrogen-bond donors (Lipinski definition) is 2. The molecule has 8 heteroatoms. The number of carbonyl (C=O) groups excluding carboxylic acids is 1. The Bertz CT molecular complexity index is 1040. The van der Waals surface area contributed by atoms with Crippen molar-refractivity contribution in [2.24, 2.45) is 52.3 Å². The first kappa shape index (κ1) is 34.5. The fourth-order valence-corrected chi connectivity index (χ4v) is 11.2. The maximum absolute atomic E-state index is 13.1. The van der Waals surface area contributed by atoms with Gasteiger partial charge in [-0.05, 0) is 116 Å². The second-order valence-electron chi connectivity index (χ2n) is 16.3. The van der Waals surface area contributed by atoms with Gasteiger partial charge in [0.05, 0.1) is 12.7 Å². The van der Waals surface area contributed by atoms with E-state index in [9.17, 15) is 14.5 Å². The van der Waals surface area contributed by atoms with Gasteiger partial charge in [-0.3, -0.25) is 4.57 Å². The van der Waals surface area contributed by atoms with Crippen molar-refractivity contribution in [3.63, 3.8) is 0 Å². The van der Waals surface area contributed by atoms with E-state index in [0.29, 0.717) is 37.8 Å². The van der Waals surface area contributed by atoms with Crippen LogP contribution in [0.15, 0.2) is 11.6 Å². The van der Waals surface area contributed by atoms with Crippen LogP contribution in [0.25, 0.3) is 0 Å². The Morgan fingerprint density at radius 3 is 2.48 bits per heavy atom. The molecule has 1 aliphatic heterocycles. The Labute approximate surface area is 267 Å². The molecule has 7 nitrogen and oxygen atoms in total. The molecular formula is C36H62NO6P. The molecule has 1 heterocycles. The Kier molecular flexibility index (Phi) is 11.3. The molecule has 5 rings (SSSR count). The van der Waals surface area contributed by atoms with Crippen LogP contribution in [0.2, 0.25) is 0 Å². The molecule has 2 unspecified atom stereocenters. The van der Waals surface area contributed by atoms with Crippen LogP contribution in [0.3, 0.4) is 0 Å². The van der Waals surface area contributed by atoms with E-state index >= 15 is 0 Å². The molecule has 0 spiro atoms. The van der Waals surface area contributed by atoms with Gasteiger partial charge in [-0.15, -0.1) is 0 Å². The minimum absolute atomic E-state index is 0.0446. The van der Waals surface area contributed by atoms with Gasteiger partial charge in [0.15, 0.2) is 0 Å². The summed E-state index contributed by atoms with van der Waals surface area (Å²) >= 11 is 0. The van der Waals surface area contributed by atoms with Crippen LogP contribution in [0.4, 0.5) is 4.79 Å². The van der Waals surface area contributed by atoms with Crippen molar-refractivity contribution in [1.29, 1.82) is 0 Å². The van der Waals surface area contributed by atoms with E-state index in [1.165, 1.54) is 51.4 Å². The molecule has 1 amide bonds. The number of aliphatic hydroxyl groups is 1. The number of piperidine rings is 1. The van der Waals surface area contributed by atoms with Crippen LogP contribution in [0.5, 0.6) is 0 Å². The third-order valence-electron chi connectivity index (χ3n) is 13.5. The van der Waals surface area contributed by atoms with Gasteiger partial charge in [-0.25, -0.2) is 4.79 Å². The lowest BCUT2D eigenvalue weighted by Crippen LogP contribution is -2.51. The van der Waals surface area contributed by atoms with Crippen molar-refractivity contribution in [3.05, 3.63) is 11.6 Å². The monoisotopic (exact) mass is 635 g/mol. The number of aliphatic hydroxyl groups excluding tert-OH is 1. The standard InChI is InChI=1S/C36H62NO6P/c1-24(2)7-6-8-25(3)30-11-12-31-29-10-9-27-23-28(13-18-35(27,4)32(29)14-19-36(30,31)5)43-34(39)37-20-15-26(16-21-37)33(38)17-22-42-44(40)41/h9,24-26,28-33,38,44H,6-8,10-23H2,1-5H3,(H,40,41)/t25-,28+,29+,30-,31+,32+,33?,35+,36-/m1/s1. The lowest BCUT2D eigenvalue weighted by Gasteiger charge is -2.58. The molecule has 252 valence electrons. The Balaban J connectivity index is 1.13.